The molecular formula is C21H23NO3. The lowest BCUT2D eigenvalue weighted by molar-refractivity contribution is -0.127. The maximum Gasteiger partial charge on any atom is 0.261 e. The Hall–Kier alpha value is -2.33. The number of fused-ring (bicyclic) bond motifs is 3. The summed E-state index contributed by atoms with van der Waals surface area (Å²) in [4.78, 5) is 12.5. The van der Waals surface area contributed by atoms with Crippen molar-refractivity contribution in [3.8, 4) is 5.75 Å². The number of aliphatic hydroxyl groups excluding tert-OH is 1. The lowest BCUT2D eigenvalue weighted by Crippen LogP contribution is -2.38. The highest BCUT2D eigenvalue weighted by molar-refractivity contribution is 5.81. The zero-order chi connectivity index (χ0) is 17.4. The molecule has 1 fully saturated rings. The summed E-state index contributed by atoms with van der Waals surface area (Å²) in [5.74, 6) is 1.54. The van der Waals surface area contributed by atoms with Gasteiger partial charge in [0, 0.05) is 12.0 Å². The minimum atomic E-state index is -0.563. The standard InChI is InChI=1S/C21H23NO3/c1-13(25-16-7-4-5-14(11-16)12-23)21(24)22-20-18-10-9-15-6-2-3-8-17(15)19(18)20/h2-8,11,13,18-20,23H,9-10,12H2,1H3,(H,22,24). The van der Waals surface area contributed by atoms with Crippen LogP contribution in [-0.2, 0) is 17.8 Å². The Morgan fingerprint density at radius 1 is 1.28 bits per heavy atom. The molecule has 2 aromatic carbocycles. The maximum absolute atomic E-state index is 12.5. The first-order chi connectivity index (χ1) is 12.2. The Bertz CT molecular complexity index is 788. The molecule has 0 aliphatic heterocycles. The minimum absolute atomic E-state index is 0.0391. The van der Waals surface area contributed by atoms with E-state index in [1.165, 1.54) is 11.1 Å². The van der Waals surface area contributed by atoms with Crippen LogP contribution in [0.2, 0.25) is 0 Å². The summed E-state index contributed by atoms with van der Waals surface area (Å²) in [6.45, 7) is 1.73. The zero-order valence-electron chi connectivity index (χ0n) is 14.3. The SMILES string of the molecule is CC(Oc1cccc(CO)c1)C(=O)NC1C2CCc3ccccc3C21. The van der Waals surface area contributed by atoms with Gasteiger partial charge < -0.3 is 15.2 Å². The Morgan fingerprint density at radius 2 is 2.12 bits per heavy atom. The molecule has 0 saturated heterocycles. The highest BCUT2D eigenvalue weighted by atomic mass is 16.5. The Morgan fingerprint density at radius 3 is 2.96 bits per heavy atom. The fourth-order valence-corrected chi connectivity index (χ4v) is 4.02. The van der Waals surface area contributed by atoms with Crippen LogP contribution < -0.4 is 10.1 Å². The number of hydrogen-bond donors (Lipinski definition) is 2. The van der Waals surface area contributed by atoms with Crippen molar-refractivity contribution in [3.05, 3.63) is 65.2 Å². The molecule has 2 aliphatic carbocycles. The maximum atomic E-state index is 12.5. The molecule has 0 aromatic heterocycles. The number of carbonyl (C=O) groups is 1. The van der Waals surface area contributed by atoms with E-state index in [1.54, 1.807) is 19.1 Å². The van der Waals surface area contributed by atoms with E-state index in [0.29, 0.717) is 17.6 Å². The molecule has 130 valence electrons. The van der Waals surface area contributed by atoms with E-state index in [-0.39, 0.29) is 18.6 Å². The topological polar surface area (TPSA) is 58.6 Å². The Labute approximate surface area is 147 Å². The van der Waals surface area contributed by atoms with E-state index in [9.17, 15) is 9.90 Å². The summed E-state index contributed by atoms with van der Waals surface area (Å²) in [7, 11) is 0. The molecule has 0 spiro atoms. The van der Waals surface area contributed by atoms with Crippen LogP contribution in [-0.4, -0.2) is 23.2 Å². The fourth-order valence-electron chi connectivity index (χ4n) is 4.02. The summed E-state index contributed by atoms with van der Waals surface area (Å²) < 4.78 is 5.75. The van der Waals surface area contributed by atoms with E-state index in [0.717, 1.165) is 18.4 Å². The van der Waals surface area contributed by atoms with Gasteiger partial charge in [-0.3, -0.25) is 4.79 Å². The van der Waals surface area contributed by atoms with Crippen LogP contribution in [0, 0.1) is 5.92 Å². The molecule has 1 amide bonds. The van der Waals surface area contributed by atoms with Gasteiger partial charge in [0.15, 0.2) is 6.10 Å². The average Bonchev–Trinajstić information content (AvgIpc) is 3.35. The third-order valence-corrected chi connectivity index (χ3v) is 5.40. The number of ether oxygens (including phenoxy) is 1. The summed E-state index contributed by atoms with van der Waals surface area (Å²) in [6, 6.07) is 16.0. The monoisotopic (exact) mass is 337 g/mol. The van der Waals surface area contributed by atoms with E-state index < -0.39 is 6.10 Å². The van der Waals surface area contributed by atoms with Crippen LogP contribution in [0.15, 0.2) is 48.5 Å². The van der Waals surface area contributed by atoms with Gasteiger partial charge in [0.25, 0.3) is 5.91 Å². The first kappa shape index (κ1) is 16.2. The predicted molar refractivity (Wildman–Crippen MR) is 95.4 cm³/mol. The second-order valence-electron chi connectivity index (χ2n) is 7.03. The third-order valence-electron chi connectivity index (χ3n) is 5.40. The fraction of sp³-hybridized carbons (Fsp3) is 0.381. The van der Waals surface area contributed by atoms with Crippen LogP contribution in [0.4, 0.5) is 0 Å². The molecule has 4 nitrogen and oxygen atoms in total. The van der Waals surface area contributed by atoms with Crippen molar-refractivity contribution in [2.24, 2.45) is 5.92 Å². The number of nitrogens with one attached hydrogen (secondary N) is 1. The number of hydrogen-bond acceptors (Lipinski definition) is 3. The molecule has 25 heavy (non-hydrogen) atoms. The van der Waals surface area contributed by atoms with Gasteiger partial charge >= 0.3 is 0 Å². The molecule has 4 heteroatoms. The van der Waals surface area contributed by atoms with Gasteiger partial charge in [-0.05, 0) is 54.5 Å². The van der Waals surface area contributed by atoms with Crippen LogP contribution in [0.1, 0.15) is 36.0 Å². The van der Waals surface area contributed by atoms with Crippen molar-refractivity contribution in [1.82, 2.24) is 5.32 Å². The lowest BCUT2D eigenvalue weighted by atomic mass is 9.92. The first-order valence-corrected chi connectivity index (χ1v) is 8.92. The number of benzene rings is 2. The largest absolute Gasteiger partial charge is 0.481 e. The number of carbonyl (C=O) groups excluding carboxylic acids is 1. The lowest BCUT2D eigenvalue weighted by Gasteiger charge is -2.15. The molecule has 0 bridgehead atoms. The normalized spacial score (nSPS) is 24.6. The molecule has 4 unspecified atom stereocenters. The molecule has 2 N–H and O–H groups in total. The van der Waals surface area contributed by atoms with Crippen molar-refractivity contribution in [2.75, 3.05) is 0 Å². The smallest absolute Gasteiger partial charge is 0.261 e. The van der Waals surface area contributed by atoms with Crippen molar-refractivity contribution in [1.29, 1.82) is 0 Å². The third kappa shape index (κ3) is 3.14. The van der Waals surface area contributed by atoms with Crippen molar-refractivity contribution in [3.63, 3.8) is 0 Å². The van der Waals surface area contributed by atoms with Crippen LogP contribution in [0.5, 0.6) is 5.75 Å². The second kappa shape index (κ2) is 6.52. The van der Waals surface area contributed by atoms with E-state index in [1.807, 2.05) is 12.1 Å². The Balaban J connectivity index is 1.38. The highest BCUT2D eigenvalue weighted by Crippen LogP contribution is 2.54. The molecular weight excluding hydrogens is 314 g/mol. The first-order valence-electron chi connectivity index (χ1n) is 8.92. The molecule has 0 heterocycles. The summed E-state index contributed by atoms with van der Waals surface area (Å²) in [6.07, 6.45) is 1.68. The van der Waals surface area contributed by atoms with Gasteiger partial charge in [-0.25, -0.2) is 0 Å². The van der Waals surface area contributed by atoms with E-state index >= 15 is 0 Å². The quantitative estimate of drug-likeness (QED) is 0.882. The zero-order valence-corrected chi connectivity index (χ0v) is 14.3. The van der Waals surface area contributed by atoms with Gasteiger partial charge in [0.2, 0.25) is 0 Å². The van der Waals surface area contributed by atoms with Crippen molar-refractivity contribution in [2.45, 2.75) is 44.4 Å². The minimum Gasteiger partial charge on any atom is -0.481 e. The van der Waals surface area contributed by atoms with Crippen LogP contribution in [0.3, 0.4) is 0 Å². The molecule has 4 rings (SSSR count). The summed E-state index contributed by atoms with van der Waals surface area (Å²) in [5.41, 5.74) is 3.59. The van der Waals surface area contributed by atoms with E-state index in [2.05, 4.69) is 29.6 Å². The number of rotatable bonds is 5. The highest BCUT2D eigenvalue weighted by Gasteiger charge is 2.54. The summed E-state index contributed by atoms with van der Waals surface area (Å²) in [5, 5.41) is 12.4. The number of amides is 1. The molecule has 4 atom stereocenters. The molecule has 0 radical (unpaired) electrons. The van der Waals surface area contributed by atoms with Crippen molar-refractivity contribution < 1.29 is 14.6 Å². The summed E-state index contributed by atoms with van der Waals surface area (Å²) >= 11 is 0. The second-order valence-corrected chi connectivity index (χ2v) is 7.03. The molecule has 2 aromatic rings. The molecule has 1 saturated carbocycles. The Kier molecular flexibility index (Phi) is 4.22. The van der Waals surface area contributed by atoms with Crippen LogP contribution >= 0.6 is 0 Å². The van der Waals surface area contributed by atoms with Crippen molar-refractivity contribution >= 4 is 5.91 Å². The van der Waals surface area contributed by atoms with Gasteiger partial charge in [-0.1, -0.05) is 36.4 Å². The van der Waals surface area contributed by atoms with E-state index in [4.69, 9.17) is 4.74 Å². The molecule has 2 aliphatic rings. The predicted octanol–water partition coefficient (Wildman–Crippen LogP) is 2.79. The van der Waals surface area contributed by atoms with Gasteiger partial charge in [-0.2, -0.15) is 0 Å². The van der Waals surface area contributed by atoms with Crippen LogP contribution in [0.25, 0.3) is 0 Å². The van der Waals surface area contributed by atoms with Gasteiger partial charge in [-0.15, -0.1) is 0 Å². The average molecular weight is 337 g/mol. The van der Waals surface area contributed by atoms with Gasteiger partial charge in [0.1, 0.15) is 5.75 Å². The number of aryl methyl sites for hydroxylation is 1. The number of aliphatic hydroxyl groups is 1. The van der Waals surface area contributed by atoms with Gasteiger partial charge in [0.05, 0.1) is 6.61 Å².